The molecule has 140 valence electrons. The second kappa shape index (κ2) is 8.87. The molecule has 2 rings (SSSR count). The van der Waals surface area contributed by atoms with Crippen molar-refractivity contribution in [3.8, 4) is 11.5 Å². The maximum Gasteiger partial charge on any atom is 0.243 e. The van der Waals surface area contributed by atoms with E-state index in [1.165, 1.54) is 4.31 Å². The first-order valence-corrected chi connectivity index (χ1v) is 9.82. The largest absolute Gasteiger partial charge is 0.496 e. The average Bonchev–Trinajstić information content (AvgIpc) is 2.65. The molecule has 0 saturated carbocycles. The zero-order chi connectivity index (χ0) is 19.2. The fourth-order valence-corrected chi connectivity index (χ4v) is 3.81. The van der Waals surface area contributed by atoms with Crippen molar-refractivity contribution in [3.63, 3.8) is 0 Å². The molecule has 0 amide bonds. The normalized spacial score (nSPS) is 11.4. The lowest BCUT2D eigenvalue weighted by atomic mass is 10.1. The summed E-state index contributed by atoms with van der Waals surface area (Å²) in [5, 5.41) is 0. The standard InChI is InChI=1S/C20H25NO4S/c1-5-12-25-18-9-7-8-16(13-18)15-21(3)26(22,23)19-10-11-20(24-4)17(6-2)14-19/h5,7-11,13-14H,1,6,12,15H2,2-4H3. The van der Waals surface area contributed by atoms with Gasteiger partial charge in [-0.1, -0.05) is 31.7 Å². The first-order chi connectivity index (χ1) is 12.4. The van der Waals surface area contributed by atoms with Crippen LogP contribution >= 0.6 is 0 Å². The van der Waals surface area contributed by atoms with Crippen molar-refractivity contribution in [2.75, 3.05) is 20.8 Å². The Labute approximate surface area is 155 Å². The molecular weight excluding hydrogens is 350 g/mol. The van der Waals surface area contributed by atoms with Gasteiger partial charge < -0.3 is 9.47 Å². The van der Waals surface area contributed by atoms with Crippen molar-refractivity contribution in [2.45, 2.75) is 24.8 Å². The lowest BCUT2D eigenvalue weighted by Crippen LogP contribution is -2.26. The predicted molar refractivity (Wildman–Crippen MR) is 103 cm³/mol. The van der Waals surface area contributed by atoms with Crippen LogP contribution in [0.2, 0.25) is 0 Å². The summed E-state index contributed by atoms with van der Waals surface area (Å²) in [5.41, 5.74) is 1.71. The quantitative estimate of drug-likeness (QED) is 0.628. The summed E-state index contributed by atoms with van der Waals surface area (Å²) in [7, 11) is -0.452. The van der Waals surface area contributed by atoms with Crippen LogP contribution in [0.4, 0.5) is 0 Å². The van der Waals surface area contributed by atoms with Gasteiger partial charge in [-0.15, -0.1) is 0 Å². The molecule has 0 fully saturated rings. The summed E-state index contributed by atoms with van der Waals surface area (Å²) >= 11 is 0. The molecule has 0 radical (unpaired) electrons. The molecule has 0 saturated heterocycles. The van der Waals surface area contributed by atoms with Crippen LogP contribution < -0.4 is 9.47 Å². The van der Waals surface area contributed by atoms with Gasteiger partial charge in [-0.2, -0.15) is 4.31 Å². The Balaban J connectivity index is 2.22. The van der Waals surface area contributed by atoms with E-state index in [0.717, 1.165) is 11.1 Å². The van der Waals surface area contributed by atoms with E-state index in [0.29, 0.717) is 24.5 Å². The molecule has 2 aromatic rings. The summed E-state index contributed by atoms with van der Waals surface area (Å²) in [4.78, 5) is 0.261. The first-order valence-electron chi connectivity index (χ1n) is 8.38. The molecule has 0 aromatic heterocycles. The van der Waals surface area contributed by atoms with Gasteiger partial charge in [0.1, 0.15) is 18.1 Å². The third-order valence-electron chi connectivity index (χ3n) is 4.01. The average molecular weight is 375 g/mol. The van der Waals surface area contributed by atoms with E-state index >= 15 is 0 Å². The number of hydrogen-bond acceptors (Lipinski definition) is 4. The number of benzene rings is 2. The van der Waals surface area contributed by atoms with E-state index in [2.05, 4.69) is 6.58 Å². The predicted octanol–water partition coefficient (Wildman–Crippen LogP) is 3.64. The highest BCUT2D eigenvalue weighted by atomic mass is 32.2. The minimum atomic E-state index is -3.60. The lowest BCUT2D eigenvalue weighted by molar-refractivity contribution is 0.362. The SMILES string of the molecule is C=CCOc1cccc(CN(C)S(=O)(=O)c2ccc(OC)c(CC)c2)c1. The van der Waals surface area contributed by atoms with Crippen LogP contribution in [0, 0.1) is 0 Å². The zero-order valence-corrected chi connectivity index (χ0v) is 16.3. The van der Waals surface area contributed by atoms with Crippen molar-refractivity contribution in [1.29, 1.82) is 0 Å². The number of ether oxygens (including phenoxy) is 2. The van der Waals surface area contributed by atoms with Gasteiger partial charge in [0.15, 0.2) is 0 Å². The zero-order valence-electron chi connectivity index (χ0n) is 15.4. The van der Waals surface area contributed by atoms with Crippen LogP contribution in [0.3, 0.4) is 0 Å². The number of sulfonamides is 1. The molecule has 0 aliphatic carbocycles. The van der Waals surface area contributed by atoms with E-state index in [1.807, 2.05) is 31.2 Å². The fraction of sp³-hybridized carbons (Fsp3) is 0.300. The van der Waals surface area contributed by atoms with Crippen LogP contribution in [-0.2, 0) is 23.0 Å². The molecule has 6 heteroatoms. The molecule has 0 aliphatic heterocycles. The van der Waals surface area contributed by atoms with Crippen molar-refractivity contribution in [3.05, 3.63) is 66.2 Å². The van der Waals surface area contributed by atoms with Gasteiger partial charge in [-0.05, 0) is 47.9 Å². The molecule has 0 bridgehead atoms. The van der Waals surface area contributed by atoms with Gasteiger partial charge in [0, 0.05) is 13.6 Å². The van der Waals surface area contributed by atoms with E-state index in [4.69, 9.17) is 9.47 Å². The molecule has 26 heavy (non-hydrogen) atoms. The van der Waals surface area contributed by atoms with E-state index in [1.54, 1.807) is 38.4 Å². The third-order valence-corrected chi connectivity index (χ3v) is 5.81. The molecule has 0 aliphatic rings. The van der Waals surface area contributed by atoms with Gasteiger partial charge in [-0.3, -0.25) is 0 Å². The molecule has 0 N–H and O–H groups in total. The number of hydrogen-bond donors (Lipinski definition) is 0. The van der Waals surface area contributed by atoms with Gasteiger partial charge in [0.05, 0.1) is 12.0 Å². The highest BCUT2D eigenvalue weighted by Gasteiger charge is 2.22. The number of nitrogens with zero attached hydrogens (tertiary/aromatic N) is 1. The topological polar surface area (TPSA) is 55.8 Å². The number of aryl methyl sites for hydroxylation is 1. The maximum absolute atomic E-state index is 12.9. The van der Waals surface area contributed by atoms with Crippen molar-refractivity contribution >= 4 is 10.0 Å². The fourth-order valence-electron chi connectivity index (χ4n) is 2.60. The van der Waals surface area contributed by atoms with Crippen molar-refractivity contribution in [1.82, 2.24) is 4.31 Å². The molecule has 5 nitrogen and oxygen atoms in total. The summed E-state index contributed by atoms with van der Waals surface area (Å²) in [6.45, 7) is 6.24. The minimum absolute atomic E-state index is 0.251. The van der Waals surface area contributed by atoms with Gasteiger partial charge in [-0.25, -0.2) is 8.42 Å². The summed E-state index contributed by atoms with van der Waals surface area (Å²) in [5.74, 6) is 1.38. The molecule has 0 atom stereocenters. The second-order valence-corrected chi connectivity index (χ2v) is 7.88. The monoisotopic (exact) mass is 375 g/mol. The van der Waals surface area contributed by atoms with Crippen LogP contribution in [0.15, 0.2) is 60.0 Å². The van der Waals surface area contributed by atoms with Gasteiger partial charge >= 0.3 is 0 Å². The Kier molecular flexibility index (Phi) is 6.83. The second-order valence-electron chi connectivity index (χ2n) is 5.84. The summed E-state index contributed by atoms with van der Waals surface area (Å²) < 4.78 is 37.9. The Morgan fingerprint density at radius 3 is 2.62 bits per heavy atom. The number of rotatable bonds is 9. The lowest BCUT2D eigenvalue weighted by Gasteiger charge is -2.19. The van der Waals surface area contributed by atoms with Crippen LogP contribution in [0.5, 0.6) is 11.5 Å². The third kappa shape index (κ3) is 4.65. The van der Waals surface area contributed by atoms with Crippen molar-refractivity contribution in [2.24, 2.45) is 0 Å². The Morgan fingerprint density at radius 1 is 1.19 bits per heavy atom. The maximum atomic E-state index is 12.9. The summed E-state index contributed by atoms with van der Waals surface area (Å²) in [6, 6.07) is 12.3. The van der Waals surface area contributed by atoms with Crippen molar-refractivity contribution < 1.29 is 17.9 Å². The highest BCUT2D eigenvalue weighted by molar-refractivity contribution is 7.89. The van der Waals surface area contributed by atoms with Crippen LogP contribution in [-0.4, -0.2) is 33.5 Å². The van der Waals surface area contributed by atoms with E-state index in [-0.39, 0.29) is 11.4 Å². The Bertz CT molecular complexity index is 862. The van der Waals surface area contributed by atoms with Crippen LogP contribution in [0.25, 0.3) is 0 Å². The minimum Gasteiger partial charge on any atom is -0.496 e. The number of methoxy groups -OCH3 is 1. The molecule has 2 aromatic carbocycles. The molecule has 0 spiro atoms. The van der Waals surface area contributed by atoms with Crippen LogP contribution in [0.1, 0.15) is 18.1 Å². The Morgan fingerprint density at radius 2 is 1.96 bits per heavy atom. The smallest absolute Gasteiger partial charge is 0.243 e. The first kappa shape index (κ1) is 20.0. The van der Waals surface area contributed by atoms with Gasteiger partial charge in [0.25, 0.3) is 0 Å². The molecule has 0 heterocycles. The van der Waals surface area contributed by atoms with Gasteiger partial charge in [0.2, 0.25) is 10.0 Å². The highest BCUT2D eigenvalue weighted by Crippen LogP contribution is 2.25. The Hall–Kier alpha value is -2.31. The molecule has 0 unspecified atom stereocenters. The van der Waals surface area contributed by atoms with E-state index < -0.39 is 10.0 Å². The van der Waals surface area contributed by atoms with E-state index in [9.17, 15) is 8.42 Å². The molecular formula is C20H25NO4S. The summed E-state index contributed by atoms with van der Waals surface area (Å²) in [6.07, 6.45) is 2.36.